The average Bonchev–Trinajstić information content (AvgIpc) is 2.31. The summed E-state index contributed by atoms with van der Waals surface area (Å²) in [7, 11) is 1.91. The van der Waals surface area contributed by atoms with Crippen molar-refractivity contribution in [2.75, 3.05) is 0 Å². The van der Waals surface area contributed by atoms with Crippen LogP contribution < -0.4 is 0 Å². The highest BCUT2D eigenvalue weighted by atomic mass is 16.1. The maximum atomic E-state index is 10.4. The molecule has 1 aromatic rings. The fourth-order valence-corrected chi connectivity index (χ4v) is 1.14. The fourth-order valence-electron chi connectivity index (χ4n) is 1.14. The van der Waals surface area contributed by atoms with E-state index in [0.29, 0.717) is 11.6 Å². The van der Waals surface area contributed by atoms with E-state index >= 15 is 0 Å². The standard InChI is InChI=1S/C9H14N2O/c1-7(2)4-9-10-8(6-12)5-11(9)3/h5-7H,4H2,1-3H3. The minimum absolute atomic E-state index is 0.521. The van der Waals surface area contributed by atoms with E-state index in [-0.39, 0.29) is 0 Å². The van der Waals surface area contributed by atoms with Crippen LogP contribution in [0.4, 0.5) is 0 Å². The molecule has 1 rings (SSSR count). The molecule has 0 aliphatic heterocycles. The SMILES string of the molecule is CC(C)Cc1nc(C=O)cn1C. The molecule has 0 bridgehead atoms. The summed E-state index contributed by atoms with van der Waals surface area (Å²) in [6, 6.07) is 0. The Morgan fingerprint density at radius 3 is 2.75 bits per heavy atom. The Kier molecular flexibility index (Phi) is 2.63. The summed E-state index contributed by atoms with van der Waals surface area (Å²) in [5.41, 5.74) is 0.521. The van der Waals surface area contributed by atoms with Gasteiger partial charge in [0.05, 0.1) is 0 Å². The molecule has 66 valence electrons. The average molecular weight is 166 g/mol. The molecule has 0 aliphatic carbocycles. The minimum Gasteiger partial charge on any atom is -0.337 e. The van der Waals surface area contributed by atoms with E-state index in [1.54, 1.807) is 6.20 Å². The largest absolute Gasteiger partial charge is 0.337 e. The van der Waals surface area contributed by atoms with Crippen molar-refractivity contribution in [1.29, 1.82) is 0 Å². The van der Waals surface area contributed by atoms with E-state index < -0.39 is 0 Å². The summed E-state index contributed by atoms with van der Waals surface area (Å²) < 4.78 is 1.91. The van der Waals surface area contributed by atoms with Crippen molar-refractivity contribution in [1.82, 2.24) is 9.55 Å². The Balaban J connectivity index is 2.84. The van der Waals surface area contributed by atoms with Crippen molar-refractivity contribution in [2.24, 2.45) is 13.0 Å². The van der Waals surface area contributed by atoms with Gasteiger partial charge in [0.25, 0.3) is 0 Å². The molecule has 12 heavy (non-hydrogen) atoms. The molecule has 0 fully saturated rings. The van der Waals surface area contributed by atoms with Crippen LogP contribution in [0.3, 0.4) is 0 Å². The van der Waals surface area contributed by atoms with Gasteiger partial charge in [0.15, 0.2) is 6.29 Å². The highest BCUT2D eigenvalue weighted by Gasteiger charge is 2.05. The second kappa shape index (κ2) is 3.52. The molecule has 0 saturated heterocycles. The monoisotopic (exact) mass is 166 g/mol. The van der Waals surface area contributed by atoms with E-state index in [4.69, 9.17) is 0 Å². The zero-order valence-electron chi connectivity index (χ0n) is 7.74. The lowest BCUT2D eigenvalue weighted by molar-refractivity contribution is 0.111. The lowest BCUT2D eigenvalue weighted by Crippen LogP contribution is -2.01. The maximum absolute atomic E-state index is 10.4. The molecule has 0 N–H and O–H groups in total. The van der Waals surface area contributed by atoms with Crippen molar-refractivity contribution in [3.63, 3.8) is 0 Å². The molecule has 0 saturated carbocycles. The van der Waals surface area contributed by atoms with Crippen LogP contribution in [0.15, 0.2) is 6.20 Å². The number of aryl methyl sites for hydroxylation is 1. The highest BCUT2D eigenvalue weighted by Crippen LogP contribution is 2.06. The molecule has 0 radical (unpaired) electrons. The number of imidazole rings is 1. The molecule has 1 aromatic heterocycles. The van der Waals surface area contributed by atoms with Gasteiger partial charge in [0.2, 0.25) is 0 Å². The number of hydrogen-bond donors (Lipinski definition) is 0. The molecule has 0 aromatic carbocycles. The van der Waals surface area contributed by atoms with Crippen molar-refractivity contribution >= 4 is 6.29 Å². The van der Waals surface area contributed by atoms with Crippen molar-refractivity contribution in [3.05, 3.63) is 17.7 Å². The third-order valence-electron chi connectivity index (χ3n) is 1.70. The van der Waals surface area contributed by atoms with Gasteiger partial charge in [0.1, 0.15) is 11.5 Å². The lowest BCUT2D eigenvalue weighted by atomic mass is 10.1. The van der Waals surface area contributed by atoms with Gasteiger partial charge in [-0.2, -0.15) is 0 Å². The highest BCUT2D eigenvalue weighted by molar-refractivity contribution is 5.71. The second-order valence-electron chi connectivity index (χ2n) is 3.41. The Bertz CT molecular complexity index is 276. The minimum atomic E-state index is 0.521. The van der Waals surface area contributed by atoms with Gasteiger partial charge in [-0.1, -0.05) is 13.8 Å². The summed E-state index contributed by atoms with van der Waals surface area (Å²) in [6.45, 7) is 4.27. The summed E-state index contributed by atoms with van der Waals surface area (Å²) in [5.74, 6) is 1.55. The number of aldehydes is 1. The quantitative estimate of drug-likeness (QED) is 0.637. The normalized spacial score (nSPS) is 10.7. The van der Waals surface area contributed by atoms with E-state index in [2.05, 4.69) is 18.8 Å². The molecule has 0 aliphatic rings. The Labute approximate surface area is 72.4 Å². The first-order valence-corrected chi connectivity index (χ1v) is 4.11. The number of aromatic nitrogens is 2. The number of rotatable bonds is 3. The van der Waals surface area contributed by atoms with Crippen LogP contribution in [0.5, 0.6) is 0 Å². The second-order valence-corrected chi connectivity index (χ2v) is 3.41. The number of carbonyl (C=O) groups is 1. The van der Waals surface area contributed by atoms with Gasteiger partial charge in [-0.25, -0.2) is 4.98 Å². The maximum Gasteiger partial charge on any atom is 0.170 e. The topological polar surface area (TPSA) is 34.9 Å². The zero-order chi connectivity index (χ0) is 9.14. The predicted molar refractivity (Wildman–Crippen MR) is 47.1 cm³/mol. The van der Waals surface area contributed by atoms with Gasteiger partial charge in [-0.05, 0) is 5.92 Å². The lowest BCUT2D eigenvalue weighted by Gasteiger charge is -2.03. The molecule has 3 heteroatoms. The number of hydrogen-bond acceptors (Lipinski definition) is 2. The summed E-state index contributed by atoms with van der Waals surface area (Å²) in [5, 5.41) is 0. The Morgan fingerprint density at radius 2 is 2.33 bits per heavy atom. The third-order valence-corrected chi connectivity index (χ3v) is 1.70. The van der Waals surface area contributed by atoms with E-state index in [9.17, 15) is 4.79 Å². The molecular formula is C9H14N2O. The van der Waals surface area contributed by atoms with Crippen LogP contribution in [-0.2, 0) is 13.5 Å². The van der Waals surface area contributed by atoms with Crippen molar-refractivity contribution < 1.29 is 4.79 Å². The summed E-state index contributed by atoms with van der Waals surface area (Å²) >= 11 is 0. The van der Waals surface area contributed by atoms with Crippen molar-refractivity contribution in [3.8, 4) is 0 Å². The Hall–Kier alpha value is -1.12. The summed E-state index contributed by atoms with van der Waals surface area (Å²) in [4.78, 5) is 14.5. The van der Waals surface area contributed by atoms with Gasteiger partial charge in [-0.3, -0.25) is 4.79 Å². The van der Waals surface area contributed by atoms with Crippen LogP contribution in [0.2, 0.25) is 0 Å². The molecule has 0 unspecified atom stereocenters. The first-order valence-electron chi connectivity index (χ1n) is 4.11. The van der Waals surface area contributed by atoms with Crippen LogP contribution >= 0.6 is 0 Å². The van der Waals surface area contributed by atoms with E-state index in [0.717, 1.165) is 18.5 Å². The Morgan fingerprint density at radius 1 is 1.67 bits per heavy atom. The van der Waals surface area contributed by atoms with E-state index in [1.807, 2.05) is 11.6 Å². The van der Waals surface area contributed by atoms with E-state index in [1.165, 1.54) is 0 Å². The number of carbonyl (C=O) groups excluding carboxylic acids is 1. The molecule has 1 heterocycles. The molecule has 0 atom stereocenters. The first-order chi connectivity index (χ1) is 5.63. The molecule has 0 amide bonds. The predicted octanol–water partition coefficient (Wildman–Crippen LogP) is 1.43. The third kappa shape index (κ3) is 1.94. The van der Waals surface area contributed by atoms with Crippen LogP contribution in [0, 0.1) is 5.92 Å². The van der Waals surface area contributed by atoms with Gasteiger partial charge in [0, 0.05) is 19.7 Å². The molecular weight excluding hydrogens is 152 g/mol. The number of nitrogens with zero attached hydrogens (tertiary/aromatic N) is 2. The first kappa shape index (κ1) is 8.97. The zero-order valence-corrected chi connectivity index (χ0v) is 7.74. The van der Waals surface area contributed by atoms with Crippen LogP contribution in [-0.4, -0.2) is 15.8 Å². The summed E-state index contributed by atoms with van der Waals surface area (Å²) in [6.07, 6.45) is 3.46. The van der Waals surface area contributed by atoms with Gasteiger partial charge < -0.3 is 4.57 Å². The van der Waals surface area contributed by atoms with Gasteiger partial charge >= 0.3 is 0 Å². The molecule has 0 spiro atoms. The van der Waals surface area contributed by atoms with Crippen LogP contribution in [0.1, 0.15) is 30.2 Å². The van der Waals surface area contributed by atoms with Crippen molar-refractivity contribution in [2.45, 2.75) is 20.3 Å². The fraction of sp³-hybridized carbons (Fsp3) is 0.556. The smallest absolute Gasteiger partial charge is 0.170 e. The molecule has 3 nitrogen and oxygen atoms in total. The van der Waals surface area contributed by atoms with Crippen LogP contribution in [0.25, 0.3) is 0 Å². The van der Waals surface area contributed by atoms with Gasteiger partial charge in [-0.15, -0.1) is 0 Å².